The predicted octanol–water partition coefficient (Wildman–Crippen LogP) is 5.91. The maximum atomic E-state index is 12.1. The van der Waals surface area contributed by atoms with Gasteiger partial charge in [0.05, 0.1) is 0 Å². The number of carbonyl (C=O) groups excluding carboxylic acids is 1. The molecule has 1 amide bonds. The van der Waals surface area contributed by atoms with Crippen LogP contribution >= 0.6 is 0 Å². The van der Waals surface area contributed by atoms with Gasteiger partial charge in [0.1, 0.15) is 0 Å². The quantitative estimate of drug-likeness (QED) is 0.459. The molecule has 1 aliphatic rings. The second-order valence-corrected chi connectivity index (χ2v) is 7.38. The van der Waals surface area contributed by atoms with Crippen molar-refractivity contribution < 1.29 is 14.3 Å². The summed E-state index contributed by atoms with van der Waals surface area (Å²) in [5, 5.41) is 4.53. The van der Waals surface area contributed by atoms with Gasteiger partial charge >= 0.3 is 6.09 Å². The maximum Gasteiger partial charge on any atom is 0.412 e. The summed E-state index contributed by atoms with van der Waals surface area (Å²) in [4.78, 5) is 12.1. The molecule has 4 heteroatoms. The first-order chi connectivity index (χ1) is 15.2. The number of hydrogen-bond acceptors (Lipinski definition) is 3. The molecule has 152 valence electrons. The number of hydrogen-bond donors (Lipinski definition) is 1. The lowest BCUT2D eigenvalue weighted by molar-refractivity contribution is 0.151. The number of fused-ring (bicyclic) bond motifs is 3. The van der Waals surface area contributed by atoms with Crippen molar-refractivity contribution in [2.75, 3.05) is 7.05 Å². The molecule has 1 N–H and O–H groups in total. The van der Waals surface area contributed by atoms with Gasteiger partial charge in [-0.05, 0) is 29.0 Å². The summed E-state index contributed by atoms with van der Waals surface area (Å²) >= 11 is 0. The zero-order valence-corrected chi connectivity index (χ0v) is 17.0. The lowest BCUT2D eigenvalue weighted by atomic mass is 9.83. The van der Waals surface area contributed by atoms with E-state index in [1.165, 1.54) is 7.05 Å². The molecule has 0 aromatic heterocycles. The molecule has 0 spiro atoms. The van der Waals surface area contributed by atoms with E-state index in [-0.39, 0.29) is 0 Å². The first-order valence-electron chi connectivity index (χ1n) is 10.2. The van der Waals surface area contributed by atoms with Crippen molar-refractivity contribution in [1.82, 2.24) is 5.32 Å². The molecular weight excluding hydrogens is 386 g/mol. The molecule has 0 radical (unpaired) electrons. The third-order valence-corrected chi connectivity index (χ3v) is 5.57. The van der Waals surface area contributed by atoms with E-state index in [2.05, 4.69) is 17.5 Å². The average Bonchev–Trinajstić information content (AvgIpc) is 2.85. The summed E-state index contributed by atoms with van der Waals surface area (Å²) in [7, 11) is 1.54. The minimum Gasteiger partial charge on any atom is -0.469 e. The molecule has 4 aromatic rings. The highest BCUT2D eigenvalue weighted by Crippen LogP contribution is 2.48. The van der Waals surface area contributed by atoms with Gasteiger partial charge < -0.3 is 14.8 Å². The van der Waals surface area contributed by atoms with E-state index >= 15 is 0 Å². The first kappa shape index (κ1) is 18.9. The van der Waals surface area contributed by atoms with Crippen molar-refractivity contribution in [2.45, 2.75) is 5.60 Å². The molecule has 1 aliphatic heterocycles. The van der Waals surface area contributed by atoms with Crippen molar-refractivity contribution in [1.29, 1.82) is 0 Å². The van der Waals surface area contributed by atoms with Gasteiger partial charge in [0.25, 0.3) is 0 Å². The number of amides is 1. The first-order valence-corrected chi connectivity index (χ1v) is 10.2. The molecule has 0 aliphatic carbocycles. The number of nitrogens with one attached hydrogen (secondary N) is 1. The van der Waals surface area contributed by atoms with Crippen molar-refractivity contribution >= 4 is 22.9 Å². The van der Waals surface area contributed by atoms with Gasteiger partial charge in [-0.2, -0.15) is 0 Å². The van der Waals surface area contributed by atoms with Crippen molar-refractivity contribution in [2.24, 2.45) is 0 Å². The number of rotatable bonds is 3. The monoisotopic (exact) mass is 407 g/mol. The molecule has 0 fully saturated rings. The van der Waals surface area contributed by atoms with E-state index in [9.17, 15) is 4.79 Å². The molecule has 5 rings (SSSR count). The minimum atomic E-state index is -0.848. The van der Waals surface area contributed by atoms with Crippen LogP contribution < -0.4 is 14.8 Å². The summed E-state index contributed by atoms with van der Waals surface area (Å²) in [5.74, 6) is 0.922. The molecule has 0 saturated carbocycles. The molecule has 4 nitrogen and oxygen atoms in total. The number of benzene rings is 4. The van der Waals surface area contributed by atoms with Crippen LogP contribution in [0, 0.1) is 0 Å². The van der Waals surface area contributed by atoms with E-state index in [0.717, 1.165) is 27.5 Å². The Morgan fingerprint density at radius 3 is 2.13 bits per heavy atom. The van der Waals surface area contributed by atoms with Gasteiger partial charge in [0.2, 0.25) is 0 Å². The third kappa shape index (κ3) is 3.22. The van der Waals surface area contributed by atoms with Gasteiger partial charge in [-0.3, -0.25) is 0 Å². The average molecular weight is 407 g/mol. The van der Waals surface area contributed by atoms with Crippen molar-refractivity contribution in [3.63, 3.8) is 0 Å². The van der Waals surface area contributed by atoms with Gasteiger partial charge in [0, 0.05) is 23.7 Å². The summed E-state index contributed by atoms with van der Waals surface area (Å²) in [5.41, 5.74) is 2.02. The fraction of sp³-hybridized carbons (Fsp3) is 0.0741. The standard InChI is InChI=1S/C27H21NO3/c1-28-26(29)30-24-18-19-10-8-9-15-22(19)23-16-17-27(31-25(23)24,20-11-4-2-5-12-20)21-13-6-3-7-14-21/h2-18H,1H3,(H,28,29). The Bertz CT molecular complexity index is 1240. The van der Waals surface area contributed by atoms with Gasteiger partial charge in [0.15, 0.2) is 17.1 Å². The van der Waals surface area contributed by atoms with Crippen molar-refractivity contribution in [3.8, 4) is 11.5 Å². The number of carbonyl (C=O) groups is 1. The van der Waals surface area contributed by atoms with Crippen LogP contribution in [0.2, 0.25) is 0 Å². The van der Waals surface area contributed by atoms with E-state index in [4.69, 9.17) is 9.47 Å². The van der Waals surface area contributed by atoms with Crippen LogP contribution in [0.4, 0.5) is 4.79 Å². The highest BCUT2D eigenvalue weighted by atomic mass is 16.6. The highest BCUT2D eigenvalue weighted by molar-refractivity contribution is 5.96. The molecule has 0 atom stereocenters. The largest absolute Gasteiger partial charge is 0.469 e. The summed E-state index contributed by atoms with van der Waals surface area (Å²) in [6.45, 7) is 0. The zero-order valence-electron chi connectivity index (χ0n) is 17.0. The van der Waals surface area contributed by atoms with Crippen molar-refractivity contribution in [3.05, 3.63) is 114 Å². The lowest BCUT2D eigenvalue weighted by Gasteiger charge is -2.37. The second kappa shape index (κ2) is 7.65. The molecule has 4 aromatic carbocycles. The lowest BCUT2D eigenvalue weighted by Crippen LogP contribution is -2.34. The Morgan fingerprint density at radius 2 is 1.48 bits per heavy atom. The van der Waals surface area contributed by atoms with Gasteiger partial charge in [-0.25, -0.2) is 4.79 Å². The molecule has 0 saturated heterocycles. The van der Waals surface area contributed by atoms with Crippen LogP contribution in [0.25, 0.3) is 16.8 Å². The van der Waals surface area contributed by atoms with E-state index in [1.807, 2.05) is 91.0 Å². The molecule has 0 bridgehead atoms. The molecular formula is C27H21NO3. The smallest absolute Gasteiger partial charge is 0.412 e. The predicted molar refractivity (Wildman–Crippen MR) is 122 cm³/mol. The maximum absolute atomic E-state index is 12.1. The van der Waals surface area contributed by atoms with E-state index < -0.39 is 11.7 Å². The Labute approximate surface area is 180 Å². The fourth-order valence-corrected chi connectivity index (χ4v) is 4.07. The van der Waals surface area contributed by atoms with Crippen LogP contribution in [-0.4, -0.2) is 13.1 Å². The van der Waals surface area contributed by atoms with E-state index in [0.29, 0.717) is 11.5 Å². The Morgan fingerprint density at radius 1 is 0.871 bits per heavy atom. The fourth-order valence-electron chi connectivity index (χ4n) is 4.07. The van der Waals surface area contributed by atoms with Gasteiger partial charge in [-0.1, -0.05) is 84.9 Å². The Kier molecular flexibility index (Phi) is 4.68. The minimum absolute atomic E-state index is 0.383. The normalized spacial score (nSPS) is 13.8. The Balaban J connectivity index is 1.77. The van der Waals surface area contributed by atoms with Gasteiger partial charge in [-0.15, -0.1) is 0 Å². The topological polar surface area (TPSA) is 47.6 Å². The van der Waals surface area contributed by atoms with Crippen LogP contribution in [0.1, 0.15) is 16.7 Å². The summed E-state index contributed by atoms with van der Waals surface area (Å²) < 4.78 is 12.4. The summed E-state index contributed by atoms with van der Waals surface area (Å²) in [6.07, 6.45) is 3.61. The highest BCUT2D eigenvalue weighted by Gasteiger charge is 2.38. The molecule has 0 unspecified atom stereocenters. The number of ether oxygens (including phenoxy) is 2. The summed E-state index contributed by atoms with van der Waals surface area (Å²) in [6, 6.07) is 30.0. The third-order valence-electron chi connectivity index (χ3n) is 5.57. The van der Waals surface area contributed by atoms with Crippen LogP contribution in [-0.2, 0) is 5.60 Å². The Hall–Kier alpha value is -4.05. The molecule has 31 heavy (non-hydrogen) atoms. The SMILES string of the molecule is CNC(=O)Oc1cc2ccccc2c2c1OC(c1ccccc1)(c1ccccc1)C=C2. The van der Waals surface area contributed by atoms with Crippen LogP contribution in [0.5, 0.6) is 11.5 Å². The van der Waals surface area contributed by atoms with Crippen LogP contribution in [0.15, 0.2) is 97.1 Å². The zero-order chi connectivity index (χ0) is 21.3. The molecule has 1 heterocycles. The van der Waals surface area contributed by atoms with Crippen LogP contribution in [0.3, 0.4) is 0 Å². The van der Waals surface area contributed by atoms with E-state index in [1.54, 1.807) is 0 Å². The second-order valence-electron chi connectivity index (χ2n) is 7.38.